The summed E-state index contributed by atoms with van der Waals surface area (Å²) in [5, 5.41) is 3.96. The van der Waals surface area contributed by atoms with Gasteiger partial charge in [0.2, 0.25) is 0 Å². The fraction of sp³-hybridized carbons (Fsp3) is 0.0588. The quantitative estimate of drug-likeness (QED) is 0.451. The highest BCUT2D eigenvalue weighted by Crippen LogP contribution is 2.24. The fourth-order valence-corrected chi connectivity index (χ4v) is 2.43. The molecule has 116 valence electrons. The van der Waals surface area contributed by atoms with Crippen molar-refractivity contribution in [2.24, 2.45) is 11.6 Å². The average Bonchev–Trinajstić information content (AvgIpc) is 2.83. The summed E-state index contributed by atoms with van der Waals surface area (Å²) in [4.78, 5) is 23.1. The molecule has 5 N–H and O–H groups in total. The number of carbonyl (C=O) groups is 2. The Labute approximate surface area is 133 Å². The molecule has 0 atom stereocenters. The molecule has 0 aliphatic carbocycles. The molecule has 0 radical (unpaired) electrons. The number of nitrogens with one attached hydrogen (secondary N) is 1. The van der Waals surface area contributed by atoms with Gasteiger partial charge >= 0.3 is 0 Å². The summed E-state index contributed by atoms with van der Waals surface area (Å²) in [7, 11) is 0. The highest BCUT2D eigenvalue weighted by Gasteiger charge is 2.27. The van der Waals surface area contributed by atoms with Crippen LogP contribution in [0.3, 0.4) is 0 Å². The number of hydrazine groups is 1. The molecule has 3 rings (SSSR count). The molecular weight excluding hydrogens is 292 g/mol. The second-order valence-electron chi connectivity index (χ2n) is 5.29. The first-order valence-electron chi connectivity index (χ1n) is 7.07. The van der Waals surface area contributed by atoms with Gasteiger partial charge in [-0.3, -0.25) is 9.59 Å². The first-order chi connectivity index (χ1) is 11.0. The van der Waals surface area contributed by atoms with Gasteiger partial charge in [-0.25, -0.2) is 5.84 Å². The molecule has 0 saturated carbocycles. The van der Waals surface area contributed by atoms with Gasteiger partial charge in [-0.2, -0.15) is 0 Å². The van der Waals surface area contributed by atoms with Crippen LogP contribution in [0.4, 0.5) is 5.69 Å². The number of amides is 1. The van der Waals surface area contributed by atoms with Crippen molar-refractivity contribution in [2.75, 3.05) is 5.32 Å². The monoisotopic (exact) mass is 308 g/mol. The third-order valence-corrected chi connectivity index (χ3v) is 3.56. The Kier molecular flexibility index (Phi) is 3.82. The SMILES string of the molecule is N/C(=C\N(N)Cc1ccc2c(c1)C(=O)C(=O)N2)c1ccccc1. The van der Waals surface area contributed by atoms with Crippen molar-refractivity contribution in [3.8, 4) is 0 Å². The van der Waals surface area contributed by atoms with E-state index in [4.69, 9.17) is 11.6 Å². The van der Waals surface area contributed by atoms with Crippen molar-refractivity contribution in [1.29, 1.82) is 0 Å². The van der Waals surface area contributed by atoms with E-state index in [1.807, 2.05) is 36.4 Å². The van der Waals surface area contributed by atoms with Crippen LogP contribution in [0.15, 0.2) is 54.7 Å². The molecule has 1 aliphatic rings. The van der Waals surface area contributed by atoms with Crippen LogP contribution >= 0.6 is 0 Å². The Morgan fingerprint density at radius 1 is 1.13 bits per heavy atom. The lowest BCUT2D eigenvalue weighted by Gasteiger charge is -2.15. The third kappa shape index (κ3) is 3.07. The Balaban J connectivity index is 1.75. The van der Waals surface area contributed by atoms with E-state index in [0.29, 0.717) is 23.5 Å². The van der Waals surface area contributed by atoms with Gasteiger partial charge in [0, 0.05) is 6.20 Å². The van der Waals surface area contributed by atoms with Crippen molar-refractivity contribution in [3.05, 3.63) is 71.4 Å². The summed E-state index contributed by atoms with van der Waals surface area (Å²) in [5.74, 6) is 4.84. The zero-order valence-corrected chi connectivity index (χ0v) is 12.3. The number of nitrogens with two attached hydrogens (primary N) is 2. The van der Waals surface area contributed by atoms with Crippen LogP contribution in [0.2, 0.25) is 0 Å². The van der Waals surface area contributed by atoms with Crippen molar-refractivity contribution in [2.45, 2.75) is 6.54 Å². The first-order valence-corrected chi connectivity index (χ1v) is 7.07. The van der Waals surface area contributed by atoms with E-state index in [9.17, 15) is 9.59 Å². The second kappa shape index (κ2) is 5.94. The van der Waals surface area contributed by atoms with Crippen LogP contribution in [-0.2, 0) is 11.3 Å². The van der Waals surface area contributed by atoms with Crippen molar-refractivity contribution in [3.63, 3.8) is 0 Å². The Hall–Kier alpha value is -3.12. The van der Waals surface area contributed by atoms with Gasteiger partial charge in [-0.05, 0) is 23.3 Å². The Morgan fingerprint density at radius 3 is 2.61 bits per heavy atom. The molecular formula is C17H16N4O2. The summed E-state index contributed by atoms with van der Waals surface area (Å²) in [6.45, 7) is 0.363. The molecule has 0 fully saturated rings. The summed E-state index contributed by atoms with van der Waals surface area (Å²) in [6, 6.07) is 14.7. The first kappa shape index (κ1) is 14.8. The van der Waals surface area contributed by atoms with Gasteiger partial charge in [0.25, 0.3) is 11.7 Å². The number of hydrogen-bond acceptors (Lipinski definition) is 5. The molecule has 1 heterocycles. The minimum atomic E-state index is -0.602. The maximum atomic E-state index is 11.7. The molecule has 1 aliphatic heterocycles. The number of benzene rings is 2. The normalized spacial score (nSPS) is 13.7. The predicted molar refractivity (Wildman–Crippen MR) is 87.7 cm³/mol. The molecule has 6 nitrogen and oxygen atoms in total. The van der Waals surface area contributed by atoms with Gasteiger partial charge in [0.1, 0.15) is 0 Å². The van der Waals surface area contributed by atoms with Gasteiger partial charge in [-0.1, -0.05) is 36.4 Å². The van der Waals surface area contributed by atoms with Gasteiger partial charge in [0.05, 0.1) is 23.5 Å². The molecule has 6 heteroatoms. The molecule has 0 saturated heterocycles. The molecule has 0 bridgehead atoms. The highest BCUT2D eigenvalue weighted by molar-refractivity contribution is 6.51. The third-order valence-electron chi connectivity index (χ3n) is 3.56. The number of hydrogen-bond donors (Lipinski definition) is 3. The molecule has 0 unspecified atom stereocenters. The number of Topliss-reactive ketones (excluding diaryl/α,β-unsaturated/α-hetero) is 1. The van der Waals surface area contributed by atoms with Crippen LogP contribution in [-0.4, -0.2) is 16.7 Å². The van der Waals surface area contributed by atoms with Gasteiger partial charge < -0.3 is 16.1 Å². The standard InChI is InChI=1S/C17H16N4O2/c18-14(12-4-2-1-3-5-12)10-21(19)9-11-6-7-15-13(8-11)16(22)17(23)20-15/h1-8,10H,9,18-19H2,(H,20,22,23)/b14-10-. The van der Waals surface area contributed by atoms with E-state index >= 15 is 0 Å². The number of anilines is 1. The zero-order chi connectivity index (χ0) is 16.4. The maximum absolute atomic E-state index is 11.7. The predicted octanol–water partition coefficient (Wildman–Crippen LogP) is 1.45. The molecule has 2 aromatic rings. The van der Waals surface area contributed by atoms with E-state index in [-0.39, 0.29) is 0 Å². The number of ketones is 1. The Bertz CT molecular complexity index is 799. The minimum absolute atomic E-state index is 0.363. The van der Waals surface area contributed by atoms with E-state index in [1.165, 1.54) is 5.01 Å². The minimum Gasteiger partial charge on any atom is -0.397 e. The van der Waals surface area contributed by atoms with Crippen LogP contribution in [0.1, 0.15) is 21.5 Å². The second-order valence-corrected chi connectivity index (χ2v) is 5.29. The molecule has 1 amide bonds. The molecule has 0 aromatic heterocycles. The number of carbonyl (C=O) groups excluding carboxylic acids is 2. The van der Waals surface area contributed by atoms with E-state index in [1.54, 1.807) is 18.3 Å². The molecule has 23 heavy (non-hydrogen) atoms. The number of nitrogens with zero attached hydrogens (tertiary/aromatic N) is 1. The number of fused-ring (bicyclic) bond motifs is 1. The summed E-state index contributed by atoms with van der Waals surface area (Å²) in [5.41, 5.74) is 9.15. The topological polar surface area (TPSA) is 101 Å². The number of rotatable bonds is 4. The van der Waals surface area contributed by atoms with E-state index in [0.717, 1.165) is 11.1 Å². The maximum Gasteiger partial charge on any atom is 0.296 e. The smallest absolute Gasteiger partial charge is 0.296 e. The van der Waals surface area contributed by atoms with Crippen molar-refractivity contribution in [1.82, 2.24) is 5.01 Å². The fourth-order valence-electron chi connectivity index (χ4n) is 2.43. The van der Waals surface area contributed by atoms with Crippen LogP contribution in [0, 0.1) is 0 Å². The lowest BCUT2D eigenvalue weighted by Crippen LogP contribution is -2.25. The average molecular weight is 308 g/mol. The van der Waals surface area contributed by atoms with Gasteiger partial charge in [-0.15, -0.1) is 0 Å². The lowest BCUT2D eigenvalue weighted by molar-refractivity contribution is -0.112. The highest BCUT2D eigenvalue weighted by atomic mass is 16.2. The summed E-state index contributed by atoms with van der Waals surface area (Å²) in [6.07, 6.45) is 1.63. The molecule has 2 aromatic carbocycles. The summed E-state index contributed by atoms with van der Waals surface area (Å²) >= 11 is 0. The lowest BCUT2D eigenvalue weighted by atomic mass is 10.1. The van der Waals surface area contributed by atoms with Gasteiger partial charge in [0.15, 0.2) is 0 Å². The zero-order valence-electron chi connectivity index (χ0n) is 12.3. The Morgan fingerprint density at radius 2 is 1.87 bits per heavy atom. The molecule has 0 spiro atoms. The van der Waals surface area contributed by atoms with Crippen LogP contribution in [0.5, 0.6) is 0 Å². The largest absolute Gasteiger partial charge is 0.397 e. The summed E-state index contributed by atoms with van der Waals surface area (Å²) < 4.78 is 0. The van der Waals surface area contributed by atoms with Crippen molar-refractivity contribution >= 4 is 23.1 Å². The van der Waals surface area contributed by atoms with Crippen LogP contribution < -0.4 is 16.9 Å². The van der Waals surface area contributed by atoms with E-state index in [2.05, 4.69) is 5.32 Å². The van der Waals surface area contributed by atoms with E-state index < -0.39 is 11.7 Å². The van der Waals surface area contributed by atoms with Crippen molar-refractivity contribution < 1.29 is 9.59 Å². The van der Waals surface area contributed by atoms with Crippen LogP contribution in [0.25, 0.3) is 5.70 Å².